The fraction of sp³-hybridized carbons (Fsp3) is 0.611. The summed E-state index contributed by atoms with van der Waals surface area (Å²) in [4.78, 5) is 14.6. The highest BCUT2D eigenvalue weighted by Gasteiger charge is 2.09. The topological polar surface area (TPSA) is 20.3 Å². The summed E-state index contributed by atoms with van der Waals surface area (Å²) in [5.74, 6) is 0.294. The van der Waals surface area contributed by atoms with E-state index in [1.165, 1.54) is 57.3 Å². The van der Waals surface area contributed by atoms with Crippen molar-refractivity contribution in [3.63, 3.8) is 0 Å². The van der Waals surface area contributed by atoms with Gasteiger partial charge in [-0.1, -0.05) is 42.7 Å². The summed E-state index contributed by atoms with van der Waals surface area (Å²) in [6, 6.07) is 7.93. The van der Waals surface area contributed by atoms with Gasteiger partial charge in [0.15, 0.2) is 5.78 Å². The van der Waals surface area contributed by atoms with E-state index >= 15 is 0 Å². The first-order valence-electron chi connectivity index (χ1n) is 8.08. The molecule has 0 aromatic heterocycles. The third kappa shape index (κ3) is 5.09. The van der Waals surface area contributed by atoms with Gasteiger partial charge in [0, 0.05) is 12.0 Å². The van der Waals surface area contributed by atoms with Crippen LogP contribution >= 0.6 is 0 Å². The van der Waals surface area contributed by atoms with Crippen molar-refractivity contribution in [3.8, 4) is 0 Å². The van der Waals surface area contributed by atoms with E-state index in [1.54, 1.807) is 0 Å². The van der Waals surface area contributed by atoms with Gasteiger partial charge in [0.25, 0.3) is 0 Å². The predicted octanol–water partition coefficient (Wildman–Crippen LogP) is 4.22. The van der Waals surface area contributed by atoms with Crippen molar-refractivity contribution < 1.29 is 4.79 Å². The Hall–Kier alpha value is -1.15. The molecule has 0 spiro atoms. The van der Waals surface area contributed by atoms with Gasteiger partial charge in [-0.2, -0.15) is 0 Å². The van der Waals surface area contributed by atoms with Gasteiger partial charge in [0.2, 0.25) is 0 Å². The Kier molecular flexibility index (Phi) is 6.25. The zero-order valence-electron chi connectivity index (χ0n) is 12.7. The monoisotopic (exact) mass is 273 g/mol. The molecule has 1 aliphatic heterocycles. The lowest BCUT2D eigenvalue weighted by molar-refractivity contribution is 0.0978. The van der Waals surface area contributed by atoms with Gasteiger partial charge in [-0.05, 0) is 52.2 Å². The van der Waals surface area contributed by atoms with Crippen LogP contribution in [0.5, 0.6) is 0 Å². The molecule has 20 heavy (non-hydrogen) atoms. The maximum atomic E-state index is 12.0. The highest BCUT2D eigenvalue weighted by Crippen LogP contribution is 2.12. The Morgan fingerprint density at radius 1 is 1.00 bits per heavy atom. The third-order valence-electron chi connectivity index (χ3n) is 4.20. The Labute approximate surface area is 123 Å². The van der Waals surface area contributed by atoms with E-state index < -0.39 is 0 Å². The molecule has 1 fully saturated rings. The number of carbonyl (C=O) groups excluding carboxylic acids is 1. The molecule has 0 N–H and O–H groups in total. The van der Waals surface area contributed by atoms with E-state index in [4.69, 9.17) is 0 Å². The zero-order chi connectivity index (χ0) is 14.2. The molecule has 0 amide bonds. The second-order valence-electron chi connectivity index (χ2n) is 6.00. The first kappa shape index (κ1) is 15.2. The van der Waals surface area contributed by atoms with Crippen LogP contribution in [0.15, 0.2) is 24.3 Å². The number of ketones is 1. The molecule has 0 radical (unpaired) electrons. The average Bonchev–Trinajstić information content (AvgIpc) is 2.48. The zero-order valence-corrected chi connectivity index (χ0v) is 12.7. The maximum Gasteiger partial charge on any atom is 0.162 e. The van der Waals surface area contributed by atoms with Crippen molar-refractivity contribution in [2.45, 2.75) is 51.9 Å². The van der Waals surface area contributed by atoms with E-state index in [0.717, 1.165) is 12.0 Å². The maximum absolute atomic E-state index is 12.0. The molecule has 2 nitrogen and oxygen atoms in total. The van der Waals surface area contributed by atoms with Crippen molar-refractivity contribution in [1.29, 1.82) is 0 Å². The molecular formula is C18H27NO. The summed E-state index contributed by atoms with van der Waals surface area (Å²) >= 11 is 0. The number of Topliss-reactive ketones (excluding diaryl/α,β-unsaturated/α-hetero) is 1. The number of carbonyl (C=O) groups is 1. The van der Waals surface area contributed by atoms with Crippen molar-refractivity contribution in [2.24, 2.45) is 0 Å². The largest absolute Gasteiger partial charge is 0.303 e. The molecule has 0 aliphatic carbocycles. The van der Waals surface area contributed by atoms with Crippen molar-refractivity contribution in [1.82, 2.24) is 4.90 Å². The van der Waals surface area contributed by atoms with Crippen molar-refractivity contribution in [2.75, 3.05) is 19.6 Å². The molecular weight excluding hydrogens is 246 g/mol. The number of hydrogen-bond donors (Lipinski definition) is 0. The number of likely N-dealkylation sites (tertiary alicyclic amines) is 1. The predicted molar refractivity (Wildman–Crippen MR) is 84.3 cm³/mol. The Morgan fingerprint density at radius 2 is 1.70 bits per heavy atom. The van der Waals surface area contributed by atoms with Gasteiger partial charge in [-0.15, -0.1) is 0 Å². The highest BCUT2D eigenvalue weighted by molar-refractivity contribution is 5.96. The summed E-state index contributed by atoms with van der Waals surface area (Å²) in [6.07, 6.45) is 8.28. The lowest BCUT2D eigenvalue weighted by atomic mass is 10.0. The molecule has 2 heteroatoms. The molecule has 1 aromatic rings. The second kappa shape index (κ2) is 8.21. The van der Waals surface area contributed by atoms with Gasteiger partial charge < -0.3 is 4.90 Å². The molecule has 0 atom stereocenters. The number of rotatable bonds is 7. The van der Waals surface area contributed by atoms with Gasteiger partial charge >= 0.3 is 0 Å². The molecule has 0 saturated carbocycles. The van der Waals surface area contributed by atoms with Crippen LogP contribution in [0.1, 0.15) is 60.9 Å². The Bertz CT molecular complexity index is 404. The summed E-state index contributed by atoms with van der Waals surface area (Å²) in [5, 5.41) is 0. The molecule has 110 valence electrons. The number of hydrogen-bond acceptors (Lipinski definition) is 2. The van der Waals surface area contributed by atoms with Crippen LogP contribution in [-0.2, 0) is 0 Å². The summed E-state index contributed by atoms with van der Waals surface area (Å²) in [7, 11) is 0. The number of unbranched alkanes of at least 4 members (excludes halogenated alkanes) is 2. The van der Waals surface area contributed by atoms with Crippen LogP contribution in [0.4, 0.5) is 0 Å². The number of piperidine rings is 1. The lowest BCUT2D eigenvalue weighted by Crippen LogP contribution is -2.30. The number of nitrogens with zero attached hydrogens (tertiary/aromatic N) is 1. The van der Waals surface area contributed by atoms with E-state index in [2.05, 4.69) is 11.8 Å². The number of benzene rings is 1. The fourth-order valence-electron chi connectivity index (χ4n) is 2.86. The van der Waals surface area contributed by atoms with Gasteiger partial charge in [0.05, 0.1) is 0 Å². The van der Waals surface area contributed by atoms with Crippen LogP contribution < -0.4 is 0 Å². The molecule has 0 unspecified atom stereocenters. The standard InChI is InChI=1S/C18H27NO/c1-16-9-11-17(12-10-16)18(20)8-4-2-5-13-19-14-6-3-7-15-19/h9-12H,2-8,13-15H2,1H3. The number of aryl methyl sites for hydroxylation is 1. The summed E-state index contributed by atoms with van der Waals surface area (Å²) in [5.41, 5.74) is 2.08. The average molecular weight is 273 g/mol. The molecule has 1 heterocycles. The minimum Gasteiger partial charge on any atom is -0.303 e. The summed E-state index contributed by atoms with van der Waals surface area (Å²) < 4.78 is 0. The van der Waals surface area contributed by atoms with Gasteiger partial charge in [-0.25, -0.2) is 0 Å². The van der Waals surface area contributed by atoms with Gasteiger partial charge in [-0.3, -0.25) is 4.79 Å². The fourth-order valence-corrected chi connectivity index (χ4v) is 2.86. The molecule has 0 bridgehead atoms. The van der Waals surface area contributed by atoms with Crippen LogP contribution in [0.3, 0.4) is 0 Å². The summed E-state index contributed by atoms with van der Waals surface area (Å²) in [6.45, 7) is 5.83. The molecule has 2 rings (SSSR count). The van der Waals surface area contributed by atoms with E-state index in [-0.39, 0.29) is 0 Å². The normalized spacial score (nSPS) is 16.2. The second-order valence-corrected chi connectivity index (χ2v) is 6.00. The first-order chi connectivity index (χ1) is 9.75. The smallest absolute Gasteiger partial charge is 0.162 e. The van der Waals surface area contributed by atoms with E-state index in [9.17, 15) is 4.79 Å². The highest BCUT2D eigenvalue weighted by atomic mass is 16.1. The SMILES string of the molecule is Cc1ccc(C(=O)CCCCCN2CCCCC2)cc1. The van der Waals surface area contributed by atoms with Crippen LogP contribution in [-0.4, -0.2) is 30.3 Å². The van der Waals surface area contributed by atoms with Crippen molar-refractivity contribution >= 4 is 5.78 Å². The molecule has 1 aromatic carbocycles. The Balaban J connectivity index is 1.58. The molecule has 1 aliphatic rings. The first-order valence-corrected chi connectivity index (χ1v) is 8.08. The minimum atomic E-state index is 0.294. The van der Waals surface area contributed by atoms with Crippen molar-refractivity contribution in [3.05, 3.63) is 35.4 Å². The van der Waals surface area contributed by atoms with Gasteiger partial charge in [0.1, 0.15) is 0 Å². The lowest BCUT2D eigenvalue weighted by Gasteiger charge is -2.26. The van der Waals surface area contributed by atoms with Crippen LogP contribution in [0.2, 0.25) is 0 Å². The quantitative estimate of drug-likeness (QED) is 0.547. The van der Waals surface area contributed by atoms with E-state index in [0.29, 0.717) is 12.2 Å². The third-order valence-corrected chi connectivity index (χ3v) is 4.20. The van der Waals surface area contributed by atoms with E-state index in [1.807, 2.05) is 24.3 Å². The van der Waals surface area contributed by atoms with Crippen LogP contribution in [0, 0.1) is 6.92 Å². The van der Waals surface area contributed by atoms with Crippen LogP contribution in [0.25, 0.3) is 0 Å². The minimum absolute atomic E-state index is 0.294. The molecule has 1 saturated heterocycles. The Morgan fingerprint density at radius 3 is 2.40 bits per heavy atom.